The van der Waals surface area contributed by atoms with E-state index in [0.29, 0.717) is 11.6 Å². The molecule has 5 heteroatoms. The van der Waals surface area contributed by atoms with Crippen LogP contribution in [0.15, 0.2) is 17.5 Å². The van der Waals surface area contributed by atoms with E-state index >= 15 is 0 Å². The third kappa shape index (κ3) is 3.08. The third-order valence-corrected chi connectivity index (χ3v) is 4.20. The van der Waals surface area contributed by atoms with Crippen LogP contribution in [0.25, 0.3) is 11.3 Å². The summed E-state index contributed by atoms with van der Waals surface area (Å²) in [6.45, 7) is 6.46. The predicted molar refractivity (Wildman–Crippen MR) is 81.1 cm³/mol. The van der Waals surface area contributed by atoms with E-state index in [2.05, 4.69) is 4.98 Å². The Morgan fingerprint density at radius 3 is 2.79 bits per heavy atom. The second-order valence-electron chi connectivity index (χ2n) is 4.39. The maximum atomic E-state index is 6.20. The molecule has 0 aliphatic heterocycles. The van der Waals surface area contributed by atoms with Gasteiger partial charge in [0.05, 0.1) is 18.3 Å². The molecule has 1 heterocycles. The van der Waals surface area contributed by atoms with Gasteiger partial charge in [-0.25, -0.2) is 4.98 Å². The van der Waals surface area contributed by atoms with Gasteiger partial charge in [0.15, 0.2) is 0 Å². The SMILES string of the molecule is CCOc1cc(C)c(Cl)cc1-c1csc(C(C)N)n1. The summed E-state index contributed by atoms with van der Waals surface area (Å²) < 4.78 is 5.67. The van der Waals surface area contributed by atoms with E-state index in [1.54, 1.807) is 11.3 Å². The molecule has 0 fully saturated rings. The lowest BCUT2D eigenvalue weighted by Crippen LogP contribution is -2.04. The lowest BCUT2D eigenvalue weighted by molar-refractivity contribution is 0.341. The Morgan fingerprint density at radius 2 is 2.21 bits per heavy atom. The highest BCUT2D eigenvalue weighted by Crippen LogP contribution is 2.35. The minimum Gasteiger partial charge on any atom is -0.493 e. The number of hydrogen-bond donors (Lipinski definition) is 1. The lowest BCUT2D eigenvalue weighted by Gasteiger charge is -2.11. The van der Waals surface area contributed by atoms with Crippen molar-refractivity contribution in [2.24, 2.45) is 5.73 Å². The fourth-order valence-electron chi connectivity index (χ4n) is 1.75. The molecule has 0 aliphatic carbocycles. The quantitative estimate of drug-likeness (QED) is 0.920. The molecule has 0 saturated heterocycles. The van der Waals surface area contributed by atoms with E-state index in [9.17, 15) is 0 Å². The topological polar surface area (TPSA) is 48.1 Å². The monoisotopic (exact) mass is 296 g/mol. The summed E-state index contributed by atoms with van der Waals surface area (Å²) in [4.78, 5) is 4.55. The van der Waals surface area contributed by atoms with E-state index in [1.165, 1.54) is 0 Å². The smallest absolute Gasteiger partial charge is 0.129 e. The number of aromatic nitrogens is 1. The molecule has 0 aliphatic rings. The average Bonchev–Trinajstić information content (AvgIpc) is 2.83. The highest BCUT2D eigenvalue weighted by molar-refractivity contribution is 7.10. The normalized spacial score (nSPS) is 12.5. The molecule has 0 radical (unpaired) electrons. The molecule has 0 spiro atoms. The van der Waals surface area contributed by atoms with Crippen molar-refractivity contribution in [2.75, 3.05) is 6.61 Å². The molecule has 3 nitrogen and oxygen atoms in total. The highest BCUT2D eigenvalue weighted by Gasteiger charge is 2.14. The van der Waals surface area contributed by atoms with Gasteiger partial charge < -0.3 is 10.5 Å². The predicted octanol–water partition coefficient (Wildman–Crippen LogP) is 4.19. The van der Waals surface area contributed by atoms with E-state index in [-0.39, 0.29) is 6.04 Å². The van der Waals surface area contributed by atoms with Crippen molar-refractivity contribution >= 4 is 22.9 Å². The molecular weight excluding hydrogens is 280 g/mol. The molecule has 1 unspecified atom stereocenters. The number of ether oxygens (including phenoxy) is 1. The first-order valence-electron chi connectivity index (χ1n) is 6.17. The van der Waals surface area contributed by atoms with Gasteiger partial charge in [-0.1, -0.05) is 11.6 Å². The Morgan fingerprint density at radius 1 is 1.47 bits per heavy atom. The Bertz CT molecular complexity index is 581. The van der Waals surface area contributed by atoms with Gasteiger partial charge in [0.2, 0.25) is 0 Å². The van der Waals surface area contributed by atoms with Crippen LogP contribution in [0.5, 0.6) is 5.75 Å². The van der Waals surface area contributed by atoms with Gasteiger partial charge >= 0.3 is 0 Å². The van der Waals surface area contributed by atoms with Gasteiger partial charge in [-0.3, -0.25) is 0 Å². The summed E-state index contributed by atoms with van der Waals surface area (Å²) in [6.07, 6.45) is 0. The highest BCUT2D eigenvalue weighted by atomic mass is 35.5. The first-order valence-corrected chi connectivity index (χ1v) is 7.43. The number of aryl methyl sites for hydroxylation is 1. The minimum absolute atomic E-state index is 0.0600. The van der Waals surface area contributed by atoms with E-state index in [0.717, 1.165) is 27.6 Å². The van der Waals surface area contributed by atoms with Crippen LogP contribution in [0.1, 0.15) is 30.5 Å². The molecule has 1 atom stereocenters. The molecule has 1 aromatic heterocycles. The molecular formula is C14H17ClN2OS. The standard InChI is InChI=1S/C14H17ClN2OS/c1-4-18-13-5-8(2)11(15)6-10(13)12-7-19-14(17-12)9(3)16/h5-7,9H,4,16H2,1-3H3. The van der Waals surface area contributed by atoms with Crippen molar-refractivity contribution in [3.8, 4) is 17.0 Å². The van der Waals surface area contributed by atoms with Gasteiger partial charge in [0.25, 0.3) is 0 Å². The summed E-state index contributed by atoms with van der Waals surface area (Å²) in [6, 6.07) is 3.80. The van der Waals surface area contributed by atoms with Crippen LogP contribution in [0.3, 0.4) is 0 Å². The van der Waals surface area contributed by atoms with Crippen molar-refractivity contribution in [3.05, 3.63) is 33.1 Å². The Kier molecular flexibility index (Phi) is 4.45. The summed E-state index contributed by atoms with van der Waals surface area (Å²) in [5.41, 5.74) is 8.62. The van der Waals surface area contributed by atoms with Crippen LogP contribution in [-0.2, 0) is 0 Å². The molecule has 0 saturated carbocycles. The molecule has 1 aromatic carbocycles. The number of nitrogens with zero attached hydrogens (tertiary/aromatic N) is 1. The first-order chi connectivity index (χ1) is 9.02. The maximum Gasteiger partial charge on any atom is 0.129 e. The first kappa shape index (κ1) is 14.3. The number of rotatable bonds is 4. The minimum atomic E-state index is -0.0600. The Hall–Kier alpha value is -1.10. The zero-order valence-electron chi connectivity index (χ0n) is 11.2. The largest absolute Gasteiger partial charge is 0.493 e. The fourth-order valence-corrected chi connectivity index (χ4v) is 2.69. The van der Waals surface area contributed by atoms with Crippen LogP contribution in [0.4, 0.5) is 0 Å². The molecule has 19 heavy (non-hydrogen) atoms. The summed E-state index contributed by atoms with van der Waals surface area (Å²) in [5, 5.41) is 3.62. The van der Waals surface area contributed by atoms with E-state index < -0.39 is 0 Å². The average molecular weight is 297 g/mol. The van der Waals surface area contributed by atoms with Crippen LogP contribution in [-0.4, -0.2) is 11.6 Å². The molecule has 2 aromatic rings. The van der Waals surface area contributed by atoms with Crippen LogP contribution < -0.4 is 10.5 Å². The van der Waals surface area contributed by atoms with Crippen LogP contribution in [0, 0.1) is 6.92 Å². The van der Waals surface area contributed by atoms with Crippen LogP contribution in [0.2, 0.25) is 5.02 Å². The lowest BCUT2D eigenvalue weighted by atomic mass is 10.1. The molecule has 0 bridgehead atoms. The molecule has 2 rings (SSSR count). The van der Waals surface area contributed by atoms with E-state index in [4.69, 9.17) is 22.1 Å². The number of thiazole rings is 1. The molecule has 102 valence electrons. The van der Waals surface area contributed by atoms with Gasteiger partial charge in [0, 0.05) is 16.0 Å². The summed E-state index contributed by atoms with van der Waals surface area (Å²) >= 11 is 7.76. The number of hydrogen-bond acceptors (Lipinski definition) is 4. The summed E-state index contributed by atoms with van der Waals surface area (Å²) in [5.74, 6) is 0.811. The van der Waals surface area contributed by atoms with Crippen molar-refractivity contribution in [2.45, 2.75) is 26.8 Å². The fraction of sp³-hybridized carbons (Fsp3) is 0.357. The third-order valence-electron chi connectivity index (χ3n) is 2.75. The van der Waals surface area contributed by atoms with Gasteiger partial charge in [0.1, 0.15) is 10.8 Å². The zero-order valence-corrected chi connectivity index (χ0v) is 12.8. The Labute approximate surface area is 122 Å². The molecule has 0 amide bonds. The molecule has 2 N–H and O–H groups in total. The number of nitrogens with two attached hydrogens (primary N) is 1. The summed E-state index contributed by atoms with van der Waals surface area (Å²) in [7, 11) is 0. The van der Waals surface area contributed by atoms with Gasteiger partial charge in [-0.15, -0.1) is 11.3 Å². The zero-order chi connectivity index (χ0) is 14.0. The maximum absolute atomic E-state index is 6.20. The van der Waals surface area contributed by atoms with Crippen molar-refractivity contribution < 1.29 is 4.74 Å². The van der Waals surface area contributed by atoms with E-state index in [1.807, 2.05) is 38.3 Å². The number of halogens is 1. The second kappa shape index (κ2) is 5.90. The van der Waals surface area contributed by atoms with Crippen molar-refractivity contribution in [3.63, 3.8) is 0 Å². The van der Waals surface area contributed by atoms with Crippen LogP contribution >= 0.6 is 22.9 Å². The van der Waals surface area contributed by atoms with Gasteiger partial charge in [-0.05, 0) is 38.5 Å². The van der Waals surface area contributed by atoms with Crippen molar-refractivity contribution in [1.82, 2.24) is 4.98 Å². The van der Waals surface area contributed by atoms with Gasteiger partial charge in [-0.2, -0.15) is 0 Å². The number of benzene rings is 1. The second-order valence-corrected chi connectivity index (χ2v) is 5.69. The Balaban J connectivity index is 2.49. The van der Waals surface area contributed by atoms with Crippen molar-refractivity contribution in [1.29, 1.82) is 0 Å².